The van der Waals surface area contributed by atoms with Gasteiger partial charge in [0.1, 0.15) is 0 Å². The Balaban J connectivity index is 2.03. The summed E-state index contributed by atoms with van der Waals surface area (Å²) in [6.07, 6.45) is 4.49. The maximum atomic E-state index is 12.5. The third kappa shape index (κ3) is 1.96. The Hall–Kier alpha value is -0.610. The van der Waals surface area contributed by atoms with Crippen molar-refractivity contribution >= 4 is 5.91 Å². The van der Waals surface area contributed by atoms with Crippen LogP contribution in [-0.4, -0.2) is 50.7 Å². The Bertz CT molecular complexity index is 258. The first-order valence-electron chi connectivity index (χ1n) is 6.16. The lowest BCUT2D eigenvalue weighted by atomic mass is 9.83. The van der Waals surface area contributed by atoms with Gasteiger partial charge >= 0.3 is 0 Å². The van der Waals surface area contributed by atoms with Gasteiger partial charge in [-0.2, -0.15) is 0 Å². The molecule has 0 aromatic rings. The lowest BCUT2D eigenvalue weighted by molar-refractivity contribution is -0.146. The van der Waals surface area contributed by atoms with Crippen molar-refractivity contribution in [2.45, 2.75) is 31.7 Å². The molecule has 1 aliphatic heterocycles. The lowest BCUT2D eigenvalue weighted by Crippen LogP contribution is -2.51. The maximum absolute atomic E-state index is 12.5. The summed E-state index contributed by atoms with van der Waals surface area (Å²) < 4.78 is 5.24. The van der Waals surface area contributed by atoms with E-state index in [9.17, 15) is 4.79 Å². The molecule has 0 aromatic carbocycles. The molecule has 0 aromatic heterocycles. The predicted octanol–water partition coefficient (Wildman–Crippen LogP) is 0.623. The van der Waals surface area contributed by atoms with Gasteiger partial charge in [0.05, 0.1) is 12.0 Å². The van der Waals surface area contributed by atoms with E-state index in [1.165, 1.54) is 19.3 Å². The number of rotatable bonds is 4. The molecular weight excluding hydrogens is 204 g/mol. The number of hydrogen-bond donors (Lipinski definition) is 1. The van der Waals surface area contributed by atoms with Gasteiger partial charge < -0.3 is 15.0 Å². The Morgan fingerprint density at radius 2 is 2.31 bits per heavy atom. The third-order valence-electron chi connectivity index (χ3n) is 4.06. The van der Waals surface area contributed by atoms with E-state index in [0.29, 0.717) is 12.6 Å². The number of carbonyl (C=O) groups is 1. The molecule has 2 aliphatic rings. The molecule has 0 spiro atoms. The fourth-order valence-corrected chi connectivity index (χ4v) is 2.70. The molecule has 1 amide bonds. The van der Waals surface area contributed by atoms with E-state index in [1.54, 1.807) is 7.11 Å². The molecule has 1 saturated carbocycles. The third-order valence-corrected chi connectivity index (χ3v) is 4.06. The van der Waals surface area contributed by atoms with Crippen LogP contribution in [-0.2, 0) is 9.53 Å². The SMILES string of the molecule is COCC1(C(=O)N(C)C2CCC2)CCNC1. The van der Waals surface area contributed by atoms with Crippen LogP contribution in [0.3, 0.4) is 0 Å². The van der Waals surface area contributed by atoms with E-state index in [2.05, 4.69) is 5.32 Å². The molecule has 1 unspecified atom stereocenters. The van der Waals surface area contributed by atoms with E-state index >= 15 is 0 Å². The number of carbonyl (C=O) groups excluding carboxylic acids is 1. The van der Waals surface area contributed by atoms with Gasteiger partial charge in [-0.05, 0) is 32.2 Å². The van der Waals surface area contributed by atoms with E-state index in [4.69, 9.17) is 4.74 Å². The summed E-state index contributed by atoms with van der Waals surface area (Å²) in [5.41, 5.74) is -0.306. The molecule has 0 radical (unpaired) electrons. The van der Waals surface area contributed by atoms with Crippen LogP contribution in [0.2, 0.25) is 0 Å². The molecule has 2 fully saturated rings. The van der Waals surface area contributed by atoms with Gasteiger partial charge in [-0.25, -0.2) is 0 Å². The normalized spacial score (nSPS) is 30.1. The van der Waals surface area contributed by atoms with Crippen molar-refractivity contribution in [3.8, 4) is 0 Å². The molecule has 2 rings (SSSR count). The predicted molar refractivity (Wildman–Crippen MR) is 62.2 cm³/mol. The van der Waals surface area contributed by atoms with Gasteiger partial charge in [0, 0.05) is 26.7 Å². The van der Waals surface area contributed by atoms with Crippen molar-refractivity contribution in [2.24, 2.45) is 5.41 Å². The molecular formula is C12H22N2O2. The summed E-state index contributed by atoms with van der Waals surface area (Å²) in [6, 6.07) is 0.474. The second-order valence-corrected chi connectivity index (χ2v) is 5.14. The zero-order valence-electron chi connectivity index (χ0n) is 10.3. The highest BCUT2D eigenvalue weighted by molar-refractivity contribution is 5.83. The van der Waals surface area contributed by atoms with Crippen molar-refractivity contribution in [2.75, 3.05) is 33.9 Å². The van der Waals surface area contributed by atoms with Crippen molar-refractivity contribution < 1.29 is 9.53 Å². The molecule has 1 saturated heterocycles. The molecule has 1 N–H and O–H groups in total. The molecule has 1 atom stereocenters. The average molecular weight is 226 g/mol. The van der Waals surface area contributed by atoms with Crippen LogP contribution in [0.1, 0.15) is 25.7 Å². The summed E-state index contributed by atoms with van der Waals surface area (Å²) in [5.74, 6) is 0.268. The number of nitrogens with one attached hydrogen (secondary N) is 1. The van der Waals surface area contributed by atoms with E-state index in [0.717, 1.165) is 19.5 Å². The van der Waals surface area contributed by atoms with Crippen molar-refractivity contribution in [1.29, 1.82) is 0 Å². The van der Waals surface area contributed by atoms with Crippen LogP contribution in [0, 0.1) is 5.41 Å². The minimum Gasteiger partial charge on any atom is -0.384 e. The fraction of sp³-hybridized carbons (Fsp3) is 0.917. The number of ether oxygens (including phenoxy) is 1. The monoisotopic (exact) mass is 226 g/mol. The molecule has 4 heteroatoms. The Morgan fingerprint density at radius 3 is 2.75 bits per heavy atom. The first-order valence-corrected chi connectivity index (χ1v) is 6.16. The quantitative estimate of drug-likeness (QED) is 0.764. The molecule has 4 nitrogen and oxygen atoms in total. The fourth-order valence-electron chi connectivity index (χ4n) is 2.70. The highest BCUT2D eigenvalue weighted by Crippen LogP contribution is 2.32. The number of methoxy groups -OCH3 is 1. The molecule has 16 heavy (non-hydrogen) atoms. The second-order valence-electron chi connectivity index (χ2n) is 5.14. The standard InChI is InChI=1S/C12H22N2O2/c1-14(10-4-3-5-10)11(15)12(9-16-2)6-7-13-8-12/h10,13H,3-9H2,1-2H3. The summed E-state index contributed by atoms with van der Waals surface area (Å²) in [7, 11) is 3.62. The van der Waals surface area contributed by atoms with Crippen molar-refractivity contribution in [3.63, 3.8) is 0 Å². The molecule has 1 aliphatic carbocycles. The highest BCUT2D eigenvalue weighted by Gasteiger charge is 2.44. The molecule has 1 heterocycles. The molecule has 92 valence electrons. The van der Waals surface area contributed by atoms with E-state index in [1.807, 2.05) is 11.9 Å². The summed E-state index contributed by atoms with van der Waals surface area (Å²) in [6.45, 7) is 2.22. The van der Waals surface area contributed by atoms with E-state index in [-0.39, 0.29) is 11.3 Å². The lowest BCUT2D eigenvalue weighted by Gasteiger charge is -2.39. The van der Waals surface area contributed by atoms with Gasteiger partial charge in [0.2, 0.25) is 5.91 Å². The van der Waals surface area contributed by atoms with Crippen LogP contribution in [0.15, 0.2) is 0 Å². The van der Waals surface area contributed by atoms with Crippen LogP contribution < -0.4 is 5.32 Å². The van der Waals surface area contributed by atoms with Crippen molar-refractivity contribution in [1.82, 2.24) is 10.2 Å². The summed E-state index contributed by atoms with van der Waals surface area (Å²) in [5, 5.41) is 3.28. The smallest absolute Gasteiger partial charge is 0.232 e. The minimum atomic E-state index is -0.306. The number of amides is 1. The Labute approximate surface area is 97.3 Å². The number of hydrogen-bond acceptors (Lipinski definition) is 3. The van der Waals surface area contributed by atoms with Crippen LogP contribution in [0.4, 0.5) is 0 Å². The summed E-state index contributed by atoms with van der Waals surface area (Å²) >= 11 is 0. The topological polar surface area (TPSA) is 41.6 Å². The zero-order valence-corrected chi connectivity index (χ0v) is 10.3. The highest BCUT2D eigenvalue weighted by atomic mass is 16.5. The van der Waals surface area contributed by atoms with Gasteiger partial charge in [0.25, 0.3) is 0 Å². The van der Waals surface area contributed by atoms with Crippen LogP contribution in [0.5, 0.6) is 0 Å². The minimum absolute atomic E-state index is 0.268. The Morgan fingerprint density at radius 1 is 1.56 bits per heavy atom. The van der Waals surface area contributed by atoms with Crippen LogP contribution in [0.25, 0.3) is 0 Å². The largest absolute Gasteiger partial charge is 0.384 e. The Kier molecular flexibility index (Phi) is 3.50. The van der Waals surface area contributed by atoms with Gasteiger partial charge in [-0.3, -0.25) is 4.79 Å². The second kappa shape index (κ2) is 4.72. The first-order chi connectivity index (χ1) is 7.69. The zero-order chi connectivity index (χ0) is 11.6. The molecule has 0 bridgehead atoms. The van der Waals surface area contributed by atoms with E-state index < -0.39 is 0 Å². The van der Waals surface area contributed by atoms with Crippen molar-refractivity contribution in [3.05, 3.63) is 0 Å². The number of nitrogens with zero attached hydrogens (tertiary/aromatic N) is 1. The van der Waals surface area contributed by atoms with Crippen LogP contribution >= 0.6 is 0 Å². The maximum Gasteiger partial charge on any atom is 0.232 e. The van der Waals surface area contributed by atoms with Gasteiger partial charge in [-0.15, -0.1) is 0 Å². The van der Waals surface area contributed by atoms with Gasteiger partial charge in [-0.1, -0.05) is 0 Å². The van der Waals surface area contributed by atoms with Gasteiger partial charge in [0.15, 0.2) is 0 Å². The summed E-state index contributed by atoms with van der Waals surface area (Å²) in [4.78, 5) is 14.5. The average Bonchev–Trinajstić information content (AvgIpc) is 2.64. The first kappa shape index (κ1) is 11.9.